The molecule has 0 radical (unpaired) electrons. The fraction of sp³-hybridized carbons (Fsp3) is 0.258. The van der Waals surface area contributed by atoms with Gasteiger partial charge in [-0.15, -0.1) is 0 Å². The zero-order valence-electron chi connectivity index (χ0n) is 20.0. The number of hydrogen-bond donors (Lipinski definition) is 0. The maximum atomic E-state index is 2.44. The number of pyridine rings is 1. The predicted octanol–water partition coefficient (Wildman–Crippen LogP) is 7.71. The fourth-order valence-corrected chi connectivity index (χ4v) is 4.35. The zero-order chi connectivity index (χ0) is 22.9. The number of allylic oxidation sites excluding steroid dienone is 5. The van der Waals surface area contributed by atoms with E-state index in [1.54, 1.807) is 0 Å². The lowest BCUT2D eigenvalue weighted by atomic mass is 10.0. The average molecular weight is 436 g/mol. The number of benzene rings is 2. The minimum absolute atomic E-state index is 1.04. The molecule has 0 saturated carbocycles. The minimum Gasteiger partial charge on any atom is -0.341 e. The first-order chi connectivity index (χ1) is 16.3. The highest BCUT2D eigenvalue weighted by Crippen LogP contribution is 2.31. The van der Waals surface area contributed by atoms with Crippen molar-refractivity contribution in [3.8, 4) is 0 Å². The Morgan fingerprint density at radius 2 is 1.61 bits per heavy atom. The van der Waals surface area contributed by atoms with Gasteiger partial charge in [0.25, 0.3) is 0 Å². The quantitative estimate of drug-likeness (QED) is 0.246. The molecule has 0 fully saturated rings. The largest absolute Gasteiger partial charge is 0.341 e. The summed E-state index contributed by atoms with van der Waals surface area (Å²) in [6.07, 6.45) is 20.1. The lowest BCUT2D eigenvalue weighted by molar-refractivity contribution is -0.673. The van der Waals surface area contributed by atoms with Gasteiger partial charge >= 0.3 is 0 Å². The van der Waals surface area contributed by atoms with Crippen LogP contribution in [-0.2, 0) is 6.54 Å². The van der Waals surface area contributed by atoms with Gasteiger partial charge in [-0.1, -0.05) is 81.3 Å². The monoisotopic (exact) mass is 435 g/mol. The van der Waals surface area contributed by atoms with E-state index in [0.29, 0.717) is 0 Å². The number of unbranched alkanes of at least 4 members (excludes halogenated alkanes) is 2. The van der Waals surface area contributed by atoms with Crippen molar-refractivity contribution in [2.45, 2.75) is 46.1 Å². The third kappa shape index (κ3) is 5.51. The molecule has 0 N–H and O–H groups in total. The summed E-state index contributed by atoms with van der Waals surface area (Å²) in [6.45, 7) is 6.59. The van der Waals surface area contributed by atoms with E-state index in [1.807, 2.05) is 0 Å². The van der Waals surface area contributed by atoms with Crippen molar-refractivity contribution in [1.82, 2.24) is 0 Å². The Hall–Kier alpha value is -3.39. The maximum absolute atomic E-state index is 2.44. The number of anilines is 1. The number of aryl methyl sites for hydroxylation is 1. The van der Waals surface area contributed by atoms with Crippen molar-refractivity contribution in [3.63, 3.8) is 0 Å². The highest BCUT2D eigenvalue weighted by atomic mass is 15.1. The van der Waals surface area contributed by atoms with Crippen LogP contribution in [0.2, 0.25) is 0 Å². The molecular weight excluding hydrogens is 400 g/mol. The molecular formula is C31H35N2+. The molecule has 33 heavy (non-hydrogen) atoms. The lowest BCUT2D eigenvalue weighted by Crippen LogP contribution is -2.37. The highest BCUT2D eigenvalue weighted by molar-refractivity contribution is 5.77. The molecule has 1 aromatic heterocycles. The van der Waals surface area contributed by atoms with Crippen LogP contribution >= 0.6 is 0 Å². The maximum Gasteiger partial charge on any atom is 0.212 e. The molecule has 2 heterocycles. The average Bonchev–Trinajstić information content (AvgIpc) is 2.86. The molecule has 0 atom stereocenters. The molecule has 2 nitrogen and oxygen atoms in total. The Labute approximate surface area is 198 Å². The number of fused-ring (bicyclic) bond motifs is 2. The van der Waals surface area contributed by atoms with Gasteiger partial charge in [0.1, 0.15) is 6.54 Å². The van der Waals surface area contributed by atoms with Crippen LogP contribution in [0, 0.1) is 0 Å². The molecule has 2 heteroatoms. The van der Waals surface area contributed by atoms with Gasteiger partial charge in [-0.2, -0.15) is 4.57 Å². The zero-order valence-corrected chi connectivity index (χ0v) is 20.0. The third-order valence-corrected chi connectivity index (χ3v) is 6.17. The van der Waals surface area contributed by atoms with Crippen LogP contribution in [0.3, 0.4) is 0 Å². The Morgan fingerprint density at radius 1 is 0.788 bits per heavy atom. The van der Waals surface area contributed by atoms with Gasteiger partial charge in [0, 0.05) is 47.9 Å². The smallest absolute Gasteiger partial charge is 0.212 e. The summed E-state index contributed by atoms with van der Waals surface area (Å²) in [5, 5.41) is 1.29. The molecule has 1 aliphatic heterocycles. The van der Waals surface area contributed by atoms with E-state index in [4.69, 9.17) is 0 Å². The van der Waals surface area contributed by atoms with Crippen LogP contribution in [0.5, 0.6) is 0 Å². The second-order valence-electron chi connectivity index (χ2n) is 8.56. The van der Waals surface area contributed by atoms with Gasteiger partial charge in [0.05, 0.1) is 0 Å². The van der Waals surface area contributed by atoms with E-state index in [0.717, 1.165) is 13.1 Å². The highest BCUT2D eigenvalue weighted by Gasteiger charge is 2.16. The molecule has 0 bridgehead atoms. The van der Waals surface area contributed by atoms with Gasteiger partial charge in [-0.25, -0.2) is 0 Å². The number of hydrogen-bond acceptors (Lipinski definition) is 1. The number of para-hydroxylation sites is 2. The van der Waals surface area contributed by atoms with Crippen molar-refractivity contribution in [2.24, 2.45) is 0 Å². The molecule has 0 spiro atoms. The van der Waals surface area contributed by atoms with E-state index < -0.39 is 0 Å². The molecule has 0 unspecified atom stereocenters. The van der Waals surface area contributed by atoms with Gasteiger partial charge in [0.15, 0.2) is 0 Å². The van der Waals surface area contributed by atoms with Crippen LogP contribution in [0.25, 0.3) is 23.1 Å². The van der Waals surface area contributed by atoms with E-state index in [9.17, 15) is 0 Å². The van der Waals surface area contributed by atoms with Crippen LogP contribution < -0.4 is 9.47 Å². The first-order valence-electron chi connectivity index (χ1n) is 12.3. The summed E-state index contributed by atoms with van der Waals surface area (Å²) in [7, 11) is 0. The Morgan fingerprint density at radius 3 is 2.48 bits per heavy atom. The Bertz CT molecular complexity index is 1200. The summed E-state index contributed by atoms with van der Waals surface area (Å²) < 4.78 is 2.44. The molecule has 0 saturated heterocycles. The SMILES string of the molecule is CCCCN1C(=CC=CC=Cc2ccc3ccccc3[n+]2CCCC)C=Cc2ccccc21. The normalized spacial score (nSPS) is 14.7. The molecule has 168 valence electrons. The van der Waals surface area contributed by atoms with Crippen LogP contribution in [0.1, 0.15) is 50.8 Å². The van der Waals surface area contributed by atoms with Crippen molar-refractivity contribution in [3.05, 3.63) is 108 Å². The third-order valence-electron chi connectivity index (χ3n) is 6.17. The predicted molar refractivity (Wildman–Crippen MR) is 143 cm³/mol. The Kier molecular flexibility index (Phi) is 7.92. The molecule has 0 aliphatic carbocycles. The van der Waals surface area contributed by atoms with Crippen molar-refractivity contribution in [1.29, 1.82) is 0 Å². The number of aromatic nitrogens is 1. The molecule has 1 aliphatic rings. The summed E-state index contributed by atoms with van der Waals surface area (Å²) in [4.78, 5) is 2.44. The molecule has 4 rings (SSSR count). The van der Waals surface area contributed by atoms with Crippen molar-refractivity contribution >= 4 is 28.7 Å². The van der Waals surface area contributed by atoms with Crippen LogP contribution in [-0.4, -0.2) is 6.54 Å². The van der Waals surface area contributed by atoms with E-state index >= 15 is 0 Å². The number of nitrogens with zero attached hydrogens (tertiary/aromatic N) is 2. The summed E-state index contributed by atoms with van der Waals surface area (Å²) in [5.74, 6) is 0. The van der Waals surface area contributed by atoms with Crippen LogP contribution in [0.15, 0.2) is 96.7 Å². The van der Waals surface area contributed by atoms with E-state index in [-0.39, 0.29) is 0 Å². The molecule has 3 aromatic rings. The van der Waals surface area contributed by atoms with Gasteiger partial charge in [-0.05, 0) is 42.3 Å². The van der Waals surface area contributed by atoms with Crippen LogP contribution in [0.4, 0.5) is 5.69 Å². The van der Waals surface area contributed by atoms with Gasteiger partial charge in [0.2, 0.25) is 11.2 Å². The standard InChI is InChI=1S/C31H35N2/c1-3-5-24-32-28(22-20-26-14-10-12-18-30(26)32)16-8-7-9-17-29-23-21-27-15-11-13-19-31(27)33(29)25-6-4-2/h7-23H,3-6,24-25H2,1-2H3/q+1. The lowest BCUT2D eigenvalue weighted by Gasteiger charge is -2.30. The Balaban J connectivity index is 1.54. The summed E-state index contributed by atoms with van der Waals surface area (Å²) in [6, 6.07) is 21.8. The second-order valence-corrected chi connectivity index (χ2v) is 8.56. The number of rotatable bonds is 9. The van der Waals surface area contributed by atoms with Gasteiger partial charge in [-0.3, -0.25) is 0 Å². The van der Waals surface area contributed by atoms with Crippen molar-refractivity contribution in [2.75, 3.05) is 11.4 Å². The second kappa shape index (κ2) is 11.5. The van der Waals surface area contributed by atoms with Crippen molar-refractivity contribution < 1.29 is 4.57 Å². The topological polar surface area (TPSA) is 7.12 Å². The molecule has 0 amide bonds. The molecule has 2 aromatic carbocycles. The summed E-state index contributed by atoms with van der Waals surface area (Å²) >= 11 is 0. The van der Waals surface area contributed by atoms with E-state index in [2.05, 4.69) is 127 Å². The van der Waals surface area contributed by atoms with Gasteiger partial charge < -0.3 is 4.90 Å². The minimum atomic E-state index is 1.04. The first-order valence-corrected chi connectivity index (χ1v) is 12.3. The fourth-order valence-electron chi connectivity index (χ4n) is 4.35. The first kappa shape index (κ1) is 22.8. The van der Waals surface area contributed by atoms with E-state index in [1.165, 1.54) is 59.2 Å². The summed E-state index contributed by atoms with van der Waals surface area (Å²) in [5.41, 5.74) is 6.39.